The molecule has 0 unspecified atom stereocenters. The summed E-state index contributed by atoms with van der Waals surface area (Å²) in [7, 11) is 2.24. The maximum Gasteiger partial charge on any atom is 0.115 e. The molecule has 0 atom stereocenters. The van der Waals surface area contributed by atoms with E-state index in [4.69, 9.17) is 0 Å². The van der Waals surface area contributed by atoms with Crippen LogP contribution in [-0.2, 0) is 0 Å². The minimum Gasteiger partial charge on any atom is -0.245 e. The number of hydrogen-bond donors (Lipinski definition) is 0. The monoisotopic (exact) mass is 207 g/mol. The maximum atomic E-state index is 3.67. The van der Waals surface area contributed by atoms with Crippen LogP contribution in [0.4, 0.5) is 0 Å². The zero-order valence-electron chi connectivity index (χ0n) is 11.0. The first-order valence-corrected chi connectivity index (χ1v) is 5.63. The molecule has 85 valence electrons. The molecule has 0 spiro atoms. The van der Waals surface area contributed by atoms with Crippen molar-refractivity contribution in [1.82, 2.24) is 9.97 Å². The molecule has 0 aromatic carbocycles. The van der Waals surface area contributed by atoms with Gasteiger partial charge in [0.25, 0.3) is 0 Å². The van der Waals surface area contributed by atoms with Gasteiger partial charge in [0.15, 0.2) is 0 Å². The molecule has 1 aromatic rings. The van der Waals surface area contributed by atoms with Gasteiger partial charge in [-0.25, -0.2) is 9.97 Å². The van der Waals surface area contributed by atoms with Crippen molar-refractivity contribution in [1.29, 1.82) is 0 Å². The largest absolute Gasteiger partial charge is 0.245 e. The van der Waals surface area contributed by atoms with Gasteiger partial charge in [-0.2, -0.15) is 0 Å². The highest BCUT2D eigenvalue weighted by atomic mass is 14.8. The summed E-state index contributed by atoms with van der Waals surface area (Å²) in [5.41, 5.74) is 0. The van der Waals surface area contributed by atoms with Gasteiger partial charge in [0, 0.05) is 12.4 Å². The lowest BCUT2D eigenvalue weighted by atomic mass is 9.55. The minimum absolute atomic E-state index is 0.458. The summed E-state index contributed by atoms with van der Waals surface area (Å²) in [6.45, 7) is 12.8. The van der Waals surface area contributed by atoms with E-state index in [0.29, 0.717) is 5.31 Å². The van der Waals surface area contributed by atoms with Gasteiger partial charge in [0.2, 0.25) is 0 Å². The van der Waals surface area contributed by atoms with Gasteiger partial charge in [-0.05, 0) is 6.07 Å². The summed E-state index contributed by atoms with van der Waals surface area (Å²) >= 11 is 0. The van der Waals surface area contributed by atoms with E-state index in [1.165, 1.54) is 12.7 Å². The van der Waals surface area contributed by atoms with Crippen LogP contribution >= 0.6 is 0 Å². The van der Waals surface area contributed by atoms with E-state index in [-0.39, 0.29) is 0 Å². The summed E-state index contributed by atoms with van der Waals surface area (Å²) in [5.74, 6) is 0. The predicted octanol–water partition coefficient (Wildman–Crippen LogP) is 3.85. The Morgan fingerprint density at radius 1 is 1.13 bits per heavy atom. The van der Waals surface area contributed by atoms with E-state index in [1.807, 2.05) is 13.8 Å². The van der Waals surface area contributed by atoms with E-state index >= 15 is 0 Å². The van der Waals surface area contributed by atoms with Gasteiger partial charge < -0.3 is 0 Å². The number of rotatable bonds is 2. The highest BCUT2D eigenvalue weighted by molar-refractivity contribution is 6.37. The third-order valence-corrected chi connectivity index (χ3v) is 2.17. The molecule has 15 heavy (non-hydrogen) atoms. The summed E-state index contributed by atoms with van der Waals surface area (Å²) in [5, 5.41) is 0.458. The van der Waals surface area contributed by atoms with Crippen molar-refractivity contribution in [2.45, 2.75) is 53.2 Å². The van der Waals surface area contributed by atoms with Gasteiger partial charge in [0.1, 0.15) is 13.6 Å². The van der Waals surface area contributed by atoms with E-state index in [2.05, 4.69) is 44.8 Å². The smallest absolute Gasteiger partial charge is 0.115 e. The molecule has 1 radical (unpaired) electrons. The van der Waals surface area contributed by atoms with Gasteiger partial charge in [-0.3, -0.25) is 0 Å². The Hall–Kier alpha value is -0.855. The average Bonchev–Trinajstić information content (AvgIpc) is 2.35. The first-order chi connectivity index (χ1) is 7.12. The van der Waals surface area contributed by atoms with Crippen LogP contribution < -0.4 is 0 Å². The summed E-state index contributed by atoms with van der Waals surface area (Å²) in [6.07, 6.45) is 6.11. The van der Waals surface area contributed by atoms with Crippen molar-refractivity contribution in [2.24, 2.45) is 0 Å². The minimum atomic E-state index is 0.458. The SMILES string of the molecule is CC.C[B]C(C)(C)CC.c1cncnc1. The van der Waals surface area contributed by atoms with Crippen LogP contribution in [0.2, 0.25) is 12.1 Å². The summed E-state index contributed by atoms with van der Waals surface area (Å²) in [6, 6.07) is 1.78. The van der Waals surface area contributed by atoms with Crippen LogP contribution in [0.15, 0.2) is 24.8 Å². The van der Waals surface area contributed by atoms with Crippen LogP contribution in [0, 0.1) is 0 Å². The molecule has 0 N–H and O–H groups in total. The molecule has 3 heteroatoms. The van der Waals surface area contributed by atoms with Gasteiger partial charge in [-0.15, -0.1) is 0 Å². The molecular formula is C12H24BN2. The van der Waals surface area contributed by atoms with Crippen molar-refractivity contribution < 1.29 is 0 Å². The number of aromatic nitrogens is 2. The van der Waals surface area contributed by atoms with Crippen molar-refractivity contribution in [3.05, 3.63) is 24.8 Å². The van der Waals surface area contributed by atoms with E-state index < -0.39 is 0 Å². The number of nitrogens with zero attached hydrogens (tertiary/aromatic N) is 2. The number of hydrogen-bond acceptors (Lipinski definition) is 2. The molecule has 0 amide bonds. The molecule has 0 aliphatic rings. The lowest BCUT2D eigenvalue weighted by molar-refractivity contribution is 0.645. The van der Waals surface area contributed by atoms with Crippen LogP contribution in [-0.4, -0.2) is 17.2 Å². The molecule has 0 aliphatic carbocycles. The first-order valence-electron chi connectivity index (χ1n) is 5.63. The fourth-order valence-electron chi connectivity index (χ4n) is 0.457. The van der Waals surface area contributed by atoms with E-state index in [1.54, 1.807) is 18.5 Å². The topological polar surface area (TPSA) is 25.8 Å². The second-order valence-electron chi connectivity index (χ2n) is 3.54. The molecule has 2 nitrogen and oxygen atoms in total. The van der Waals surface area contributed by atoms with E-state index in [9.17, 15) is 0 Å². The zero-order valence-corrected chi connectivity index (χ0v) is 11.0. The quantitative estimate of drug-likeness (QED) is 0.688. The third kappa shape index (κ3) is 13.1. The second-order valence-corrected chi connectivity index (χ2v) is 3.54. The van der Waals surface area contributed by atoms with E-state index in [0.717, 1.165) is 0 Å². The van der Waals surface area contributed by atoms with Crippen molar-refractivity contribution in [3.63, 3.8) is 0 Å². The average molecular weight is 207 g/mol. The van der Waals surface area contributed by atoms with Gasteiger partial charge in [0.05, 0.1) is 0 Å². The second kappa shape index (κ2) is 11.2. The molecule has 1 heterocycles. The summed E-state index contributed by atoms with van der Waals surface area (Å²) < 4.78 is 0. The Bertz CT molecular complexity index is 167. The Labute approximate surface area is 95.8 Å². The van der Waals surface area contributed by atoms with Crippen LogP contribution in [0.25, 0.3) is 0 Å². The lowest BCUT2D eigenvalue weighted by Crippen LogP contribution is -2.06. The molecular weight excluding hydrogens is 183 g/mol. The molecule has 0 fully saturated rings. The standard InChI is InChI=1S/C6H14B.C4H4N2.C2H6/c1-5-6(2,3)7-4;1-2-5-4-6-3-1;1-2/h5H2,1-4H3;1-4H;1-2H3. The van der Waals surface area contributed by atoms with Crippen molar-refractivity contribution >= 4 is 7.28 Å². The maximum absolute atomic E-state index is 3.67. The van der Waals surface area contributed by atoms with Crippen molar-refractivity contribution in [2.75, 3.05) is 0 Å². The predicted molar refractivity (Wildman–Crippen MR) is 69.3 cm³/mol. The van der Waals surface area contributed by atoms with Gasteiger partial charge in [-0.1, -0.05) is 53.2 Å². The highest BCUT2D eigenvalue weighted by Crippen LogP contribution is 2.25. The Balaban J connectivity index is 0. The molecule has 0 saturated heterocycles. The molecule has 0 aliphatic heterocycles. The lowest BCUT2D eigenvalue weighted by Gasteiger charge is -2.17. The Kier molecular flexibility index (Phi) is 12.4. The van der Waals surface area contributed by atoms with Crippen molar-refractivity contribution in [3.8, 4) is 0 Å². The first kappa shape index (κ1) is 16.6. The van der Waals surface area contributed by atoms with Crippen LogP contribution in [0.5, 0.6) is 0 Å². The fraction of sp³-hybridized carbons (Fsp3) is 0.667. The Morgan fingerprint density at radius 3 is 1.67 bits per heavy atom. The van der Waals surface area contributed by atoms with Gasteiger partial charge >= 0.3 is 0 Å². The Morgan fingerprint density at radius 2 is 1.60 bits per heavy atom. The molecule has 1 rings (SSSR count). The highest BCUT2D eigenvalue weighted by Gasteiger charge is 2.10. The molecule has 1 aromatic heterocycles. The fourth-order valence-corrected chi connectivity index (χ4v) is 0.457. The normalized spacial score (nSPS) is 8.93. The van der Waals surface area contributed by atoms with Crippen LogP contribution in [0.1, 0.15) is 41.0 Å². The summed E-state index contributed by atoms with van der Waals surface area (Å²) in [4.78, 5) is 7.35. The third-order valence-electron chi connectivity index (χ3n) is 2.17. The zero-order chi connectivity index (χ0) is 12.2. The molecule has 0 saturated carbocycles. The van der Waals surface area contributed by atoms with Crippen LogP contribution in [0.3, 0.4) is 0 Å². The molecule has 0 bridgehead atoms.